The average Bonchev–Trinajstić information content (AvgIpc) is 2.17. The van der Waals surface area contributed by atoms with Gasteiger partial charge in [-0.25, -0.2) is 0 Å². The number of morpholine rings is 1. The van der Waals surface area contributed by atoms with E-state index in [1.54, 1.807) is 7.05 Å². The number of carbonyl (C=O) groups is 1. The van der Waals surface area contributed by atoms with Crippen molar-refractivity contribution >= 4 is 18.3 Å². The van der Waals surface area contributed by atoms with Crippen LogP contribution >= 0.6 is 12.4 Å². The SMILES string of the molecule is CCC1CN(C(=O)CNC)CC(C)O1.Cl. The largest absolute Gasteiger partial charge is 0.372 e. The van der Waals surface area contributed by atoms with Gasteiger partial charge in [0.1, 0.15) is 0 Å². The van der Waals surface area contributed by atoms with Gasteiger partial charge >= 0.3 is 0 Å². The lowest BCUT2D eigenvalue weighted by atomic mass is 10.2. The minimum Gasteiger partial charge on any atom is -0.372 e. The number of ether oxygens (including phenoxy) is 1. The summed E-state index contributed by atoms with van der Waals surface area (Å²) >= 11 is 0. The first-order valence-electron chi connectivity index (χ1n) is 5.25. The van der Waals surface area contributed by atoms with Gasteiger partial charge in [0.2, 0.25) is 5.91 Å². The van der Waals surface area contributed by atoms with E-state index in [9.17, 15) is 4.79 Å². The van der Waals surface area contributed by atoms with Gasteiger partial charge in [-0.05, 0) is 20.4 Å². The molecule has 1 aliphatic rings. The molecule has 1 fully saturated rings. The van der Waals surface area contributed by atoms with Crippen LogP contribution in [0.4, 0.5) is 0 Å². The maximum Gasteiger partial charge on any atom is 0.236 e. The van der Waals surface area contributed by atoms with Crippen molar-refractivity contribution in [2.24, 2.45) is 0 Å². The Morgan fingerprint density at radius 3 is 2.73 bits per heavy atom. The van der Waals surface area contributed by atoms with Crippen LogP contribution in [-0.4, -0.2) is 49.7 Å². The topological polar surface area (TPSA) is 41.6 Å². The van der Waals surface area contributed by atoms with Crippen molar-refractivity contribution in [1.82, 2.24) is 10.2 Å². The van der Waals surface area contributed by atoms with Crippen LogP contribution in [0.3, 0.4) is 0 Å². The van der Waals surface area contributed by atoms with Gasteiger partial charge in [-0.2, -0.15) is 0 Å². The molecule has 90 valence electrons. The van der Waals surface area contributed by atoms with Gasteiger partial charge in [-0.15, -0.1) is 12.4 Å². The van der Waals surface area contributed by atoms with E-state index in [0.29, 0.717) is 6.54 Å². The first-order chi connectivity index (χ1) is 6.67. The molecular weight excluding hydrogens is 216 g/mol. The van der Waals surface area contributed by atoms with Crippen LogP contribution in [0, 0.1) is 0 Å². The molecule has 1 saturated heterocycles. The molecule has 0 saturated carbocycles. The lowest BCUT2D eigenvalue weighted by Gasteiger charge is -2.36. The highest BCUT2D eigenvalue weighted by Crippen LogP contribution is 2.13. The van der Waals surface area contributed by atoms with E-state index in [0.717, 1.165) is 19.5 Å². The van der Waals surface area contributed by atoms with E-state index in [2.05, 4.69) is 12.2 Å². The summed E-state index contributed by atoms with van der Waals surface area (Å²) in [6.07, 6.45) is 1.34. The Hall–Kier alpha value is -0.320. The highest BCUT2D eigenvalue weighted by molar-refractivity contribution is 5.85. The number of hydrogen-bond donors (Lipinski definition) is 1. The fourth-order valence-electron chi connectivity index (χ4n) is 1.74. The average molecular weight is 237 g/mol. The van der Waals surface area contributed by atoms with E-state index >= 15 is 0 Å². The Morgan fingerprint density at radius 2 is 2.20 bits per heavy atom. The van der Waals surface area contributed by atoms with Crippen LogP contribution in [0.2, 0.25) is 0 Å². The zero-order chi connectivity index (χ0) is 10.6. The molecule has 0 aromatic carbocycles. The van der Waals surface area contributed by atoms with Crippen LogP contribution < -0.4 is 5.32 Å². The van der Waals surface area contributed by atoms with E-state index in [1.165, 1.54) is 0 Å². The molecule has 4 nitrogen and oxygen atoms in total. The second-order valence-corrected chi connectivity index (χ2v) is 3.81. The molecule has 1 aliphatic heterocycles. The van der Waals surface area contributed by atoms with Crippen molar-refractivity contribution in [1.29, 1.82) is 0 Å². The molecule has 0 aromatic rings. The van der Waals surface area contributed by atoms with Crippen LogP contribution in [0.1, 0.15) is 20.3 Å². The Kier molecular flexibility index (Phi) is 6.89. The lowest BCUT2D eigenvalue weighted by molar-refractivity contribution is -0.143. The number of rotatable bonds is 3. The number of carbonyl (C=O) groups excluding carboxylic acids is 1. The summed E-state index contributed by atoms with van der Waals surface area (Å²) in [6.45, 7) is 5.98. The van der Waals surface area contributed by atoms with Crippen molar-refractivity contribution in [2.75, 3.05) is 26.7 Å². The highest BCUT2D eigenvalue weighted by Gasteiger charge is 2.26. The van der Waals surface area contributed by atoms with Gasteiger partial charge < -0.3 is 15.0 Å². The third-order valence-corrected chi connectivity index (χ3v) is 2.46. The summed E-state index contributed by atoms with van der Waals surface area (Å²) in [5.41, 5.74) is 0. The molecule has 1 heterocycles. The molecule has 15 heavy (non-hydrogen) atoms. The molecule has 5 heteroatoms. The standard InChI is InChI=1S/C10H20N2O2.ClH/c1-4-9-7-12(6-8(2)14-9)10(13)5-11-3;/h8-9,11H,4-7H2,1-3H3;1H. The van der Waals surface area contributed by atoms with Crippen molar-refractivity contribution in [3.8, 4) is 0 Å². The van der Waals surface area contributed by atoms with Gasteiger partial charge in [-0.3, -0.25) is 4.79 Å². The molecule has 2 atom stereocenters. The molecule has 1 amide bonds. The Balaban J connectivity index is 0.00000196. The second-order valence-electron chi connectivity index (χ2n) is 3.81. The second kappa shape index (κ2) is 7.04. The van der Waals surface area contributed by atoms with E-state index in [-0.39, 0.29) is 30.5 Å². The fraction of sp³-hybridized carbons (Fsp3) is 0.900. The Labute approximate surface area is 97.8 Å². The predicted molar refractivity (Wildman–Crippen MR) is 62.4 cm³/mol. The molecule has 0 aliphatic carbocycles. The molecular formula is C10H21ClN2O2. The molecule has 0 radical (unpaired) electrons. The number of nitrogens with zero attached hydrogens (tertiary/aromatic N) is 1. The van der Waals surface area contributed by atoms with E-state index in [4.69, 9.17) is 4.74 Å². The van der Waals surface area contributed by atoms with Crippen LogP contribution in [0.15, 0.2) is 0 Å². The summed E-state index contributed by atoms with van der Waals surface area (Å²) in [6, 6.07) is 0. The van der Waals surface area contributed by atoms with Crippen molar-refractivity contribution in [3.63, 3.8) is 0 Å². The van der Waals surface area contributed by atoms with E-state index < -0.39 is 0 Å². The zero-order valence-corrected chi connectivity index (χ0v) is 10.5. The Bertz CT molecular complexity index is 202. The van der Waals surface area contributed by atoms with Crippen molar-refractivity contribution in [3.05, 3.63) is 0 Å². The van der Waals surface area contributed by atoms with Gasteiger partial charge in [0, 0.05) is 13.1 Å². The van der Waals surface area contributed by atoms with E-state index in [1.807, 2.05) is 11.8 Å². The molecule has 0 aromatic heterocycles. The number of hydrogen-bond acceptors (Lipinski definition) is 3. The Morgan fingerprint density at radius 1 is 1.53 bits per heavy atom. The maximum absolute atomic E-state index is 11.6. The van der Waals surface area contributed by atoms with Crippen LogP contribution in [0.25, 0.3) is 0 Å². The summed E-state index contributed by atoms with van der Waals surface area (Å²) in [7, 11) is 1.79. The fourth-order valence-corrected chi connectivity index (χ4v) is 1.74. The third kappa shape index (κ3) is 4.36. The van der Waals surface area contributed by atoms with Gasteiger partial charge in [-0.1, -0.05) is 6.92 Å². The molecule has 0 bridgehead atoms. The van der Waals surface area contributed by atoms with Crippen molar-refractivity contribution < 1.29 is 9.53 Å². The summed E-state index contributed by atoms with van der Waals surface area (Å²) in [5, 5.41) is 2.88. The number of amides is 1. The number of likely N-dealkylation sites (N-methyl/N-ethyl adjacent to an activating group) is 1. The minimum absolute atomic E-state index is 0. The van der Waals surface area contributed by atoms with Gasteiger partial charge in [0.05, 0.1) is 18.8 Å². The van der Waals surface area contributed by atoms with Gasteiger partial charge in [0.15, 0.2) is 0 Å². The summed E-state index contributed by atoms with van der Waals surface area (Å²) in [5.74, 6) is 0.168. The first kappa shape index (κ1) is 14.7. The highest BCUT2D eigenvalue weighted by atomic mass is 35.5. The third-order valence-electron chi connectivity index (χ3n) is 2.46. The van der Waals surface area contributed by atoms with Crippen LogP contribution in [-0.2, 0) is 9.53 Å². The maximum atomic E-state index is 11.6. The van der Waals surface area contributed by atoms with Gasteiger partial charge in [0.25, 0.3) is 0 Å². The summed E-state index contributed by atoms with van der Waals surface area (Å²) in [4.78, 5) is 13.5. The number of halogens is 1. The molecule has 1 rings (SSSR count). The molecule has 1 N–H and O–H groups in total. The lowest BCUT2D eigenvalue weighted by Crippen LogP contribution is -2.50. The molecule has 0 spiro atoms. The summed E-state index contributed by atoms with van der Waals surface area (Å²) < 4.78 is 5.68. The monoisotopic (exact) mass is 236 g/mol. The number of nitrogens with one attached hydrogen (secondary N) is 1. The van der Waals surface area contributed by atoms with Crippen molar-refractivity contribution in [2.45, 2.75) is 32.5 Å². The minimum atomic E-state index is 0. The normalized spacial score (nSPS) is 25.9. The van der Waals surface area contributed by atoms with Crippen LogP contribution in [0.5, 0.6) is 0 Å². The quantitative estimate of drug-likeness (QED) is 0.783. The predicted octanol–water partition coefficient (Wildman–Crippen LogP) is 0.654. The smallest absolute Gasteiger partial charge is 0.236 e. The first-order valence-corrected chi connectivity index (χ1v) is 5.25. The molecule has 2 unspecified atom stereocenters. The zero-order valence-electron chi connectivity index (χ0n) is 9.66.